The van der Waals surface area contributed by atoms with Gasteiger partial charge in [0.25, 0.3) is 0 Å². The third-order valence-electron chi connectivity index (χ3n) is 5.13. The molecule has 1 amide bonds. The molecule has 0 saturated carbocycles. The lowest BCUT2D eigenvalue weighted by atomic mass is 9.87. The number of nitrogens with one attached hydrogen (secondary N) is 1. The molecule has 7 heteroatoms. The number of hydrogen-bond acceptors (Lipinski definition) is 4. The Labute approximate surface area is 169 Å². The second-order valence-corrected chi connectivity index (χ2v) is 7.21. The van der Waals surface area contributed by atoms with Crippen LogP contribution in [0, 0.1) is 0 Å². The standard InChI is InChI=1S/C22H26F2N2O3/c1-14(21(25)27)26-12-16-9-10-20(19-8-3-2-7-18(16)19)28-13-15-5-4-6-17(11-15)29-22(23)24/h4-6,9-11,14,22,26H,2-3,7-8,12-13H2,1H3,(H2,25,27)/t14-/m0/s1. The number of primary amides is 1. The van der Waals surface area contributed by atoms with Gasteiger partial charge in [0.1, 0.15) is 18.1 Å². The summed E-state index contributed by atoms with van der Waals surface area (Å²) in [6, 6.07) is 10.1. The lowest BCUT2D eigenvalue weighted by molar-refractivity contribution is -0.119. The zero-order chi connectivity index (χ0) is 20.8. The number of hydrogen-bond donors (Lipinski definition) is 2. The highest BCUT2D eigenvalue weighted by Crippen LogP contribution is 2.33. The Morgan fingerprint density at radius 2 is 1.93 bits per heavy atom. The van der Waals surface area contributed by atoms with Crippen LogP contribution in [0.15, 0.2) is 36.4 Å². The fourth-order valence-corrected chi connectivity index (χ4v) is 3.55. The molecular weight excluding hydrogens is 378 g/mol. The van der Waals surface area contributed by atoms with Crippen LogP contribution in [0.1, 0.15) is 42.0 Å². The molecule has 0 bridgehead atoms. The van der Waals surface area contributed by atoms with Gasteiger partial charge in [-0.05, 0) is 73.1 Å². The molecule has 0 unspecified atom stereocenters. The Kier molecular flexibility index (Phi) is 7.04. The van der Waals surface area contributed by atoms with Gasteiger partial charge in [0, 0.05) is 6.54 Å². The summed E-state index contributed by atoms with van der Waals surface area (Å²) in [7, 11) is 0. The van der Waals surface area contributed by atoms with Gasteiger partial charge < -0.3 is 20.5 Å². The normalized spacial score (nSPS) is 14.3. The molecule has 0 fully saturated rings. The van der Waals surface area contributed by atoms with Gasteiger partial charge in [-0.15, -0.1) is 0 Å². The average Bonchev–Trinajstić information content (AvgIpc) is 2.70. The molecule has 0 aromatic heterocycles. The van der Waals surface area contributed by atoms with Crippen molar-refractivity contribution in [3.8, 4) is 11.5 Å². The summed E-state index contributed by atoms with van der Waals surface area (Å²) >= 11 is 0. The van der Waals surface area contributed by atoms with E-state index in [1.807, 2.05) is 18.2 Å². The first-order valence-corrected chi connectivity index (χ1v) is 9.77. The molecule has 2 aromatic carbocycles. The Morgan fingerprint density at radius 1 is 1.17 bits per heavy atom. The predicted octanol–water partition coefficient (Wildman–Crippen LogP) is 3.71. The zero-order valence-corrected chi connectivity index (χ0v) is 16.4. The smallest absolute Gasteiger partial charge is 0.387 e. The van der Waals surface area contributed by atoms with E-state index in [-0.39, 0.29) is 18.3 Å². The lowest BCUT2D eigenvalue weighted by Crippen LogP contribution is -2.38. The van der Waals surface area contributed by atoms with Crippen molar-refractivity contribution in [3.05, 3.63) is 58.7 Å². The summed E-state index contributed by atoms with van der Waals surface area (Å²) in [6.07, 6.45) is 4.10. The highest BCUT2D eigenvalue weighted by Gasteiger charge is 2.19. The van der Waals surface area contributed by atoms with Crippen molar-refractivity contribution in [2.75, 3.05) is 0 Å². The Balaban J connectivity index is 1.72. The van der Waals surface area contributed by atoms with Gasteiger partial charge in [0.2, 0.25) is 5.91 Å². The molecule has 29 heavy (non-hydrogen) atoms. The first-order chi connectivity index (χ1) is 13.9. The number of fused-ring (bicyclic) bond motifs is 1. The summed E-state index contributed by atoms with van der Waals surface area (Å²) in [5.74, 6) is 0.552. The van der Waals surface area contributed by atoms with Crippen LogP contribution in [0.2, 0.25) is 0 Å². The SMILES string of the molecule is C[C@H](NCc1ccc(OCc2cccc(OC(F)F)c2)c2c1CCCC2)C(N)=O. The van der Waals surface area contributed by atoms with Gasteiger partial charge in [-0.2, -0.15) is 8.78 Å². The molecule has 0 saturated heterocycles. The molecule has 3 N–H and O–H groups in total. The van der Waals surface area contributed by atoms with Gasteiger partial charge >= 0.3 is 6.61 Å². The maximum Gasteiger partial charge on any atom is 0.387 e. The minimum atomic E-state index is -2.85. The monoisotopic (exact) mass is 404 g/mol. The number of carbonyl (C=O) groups is 1. The van der Waals surface area contributed by atoms with E-state index in [0.29, 0.717) is 6.54 Å². The molecule has 156 valence electrons. The maximum absolute atomic E-state index is 12.4. The van der Waals surface area contributed by atoms with Crippen LogP contribution in [-0.2, 0) is 30.8 Å². The van der Waals surface area contributed by atoms with Crippen molar-refractivity contribution in [3.63, 3.8) is 0 Å². The quantitative estimate of drug-likeness (QED) is 0.668. The van der Waals surface area contributed by atoms with E-state index in [9.17, 15) is 13.6 Å². The van der Waals surface area contributed by atoms with Gasteiger partial charge in [-0.1, -0.05) is 18.2 Å². The topological polar surface area (TPSA) is 73.6 Å². The van der Waals surface area contributed by atoms with Crippen LogP contribution < -0.4 is 20.5 Å². The van der Waals surface area contributed by atoms with Crippen molar-refractivity contribution >= 4 is 5.91 Å². The number of carbonyl (C=O) groups excluding carboxylic acids is 1. The van der Waals surface area contributed by atoms with E-state index >= 15 is 0 Å². The molecule has 1 aliphatic carbocycles. The summed E-state index contributed by atoms with van der Waals surface area (Å²) in [4.78, 5) is 11.3. The molecule has 0 aliphatic heterocycles. The van der Waals surface area contributed by atoms with Gasteiger partial charge in [0.15, 0.2) is 0 Å². The lowest BCUT2D eigenvalue weighted by Gasteiger charge is -2.23. The first-order valence-electron chi connectivity index (χ1n) is 9.77. The third-order valence-corrected chi connectivity index (χ3v) is 5.13. The molecule has 0 spiro atoms. The number of halogens is 2. The summed E-state index contributed by atoms with van der Waals surface area (Å²) in [6.45, 7) is -0.266. The summed E-state index contributed by atoms with van der Waals surface area (Å²) in [5, 5.41) is 3.16. The van der Waals surface area contributed by atoms with E-state index in [4.69, 9.17) is 10.5 Å². The molecule has 1 aliphatic rings. The van der Waals surface area contributed by atoms with E-state index in [0.717, 1.165) is 42.6 Å². The van der Waals surface area contributed by atoms with Crippen LogP contribution in [0.3, 0.4) is 0 Å². The molecule has 0 heterocycles. The zero-order valence-electron chi connectivity index (χ0n) is 16.4. The summed E-state index contributed by atoms with van der Waals surface area (Å²) in [5.41, 5.74) is 9.67. The van der Waals surface area contributed by atoms with Crippen LogP contribution in [-0.4, -0.2) is 18.6 Å². The summed E-state index contributed by atoms with van der Waals surface area (Å²) < 4.78 is 35.3. The van der Waals surface area contributed by atoms with E-state index in [1.165, 1.54) is 17.2 Å². The minimum Gasteiger partial charge on any atom is -0.489 e. The highest BCUT2D eigenvalue weighted by molar-refractivity contribution is 5.79. The average molecular weight is 404 g/mol. The van der Waals surface area contributed by atoms with Crippen LogP contribution in [0.5, 0.6) is 11.5 Å². The van der Waals surface area contributed by atoms with Crippen molar-refractivity contribution in [1.29, 1.82) is 0 Å². The molecule has 2 aromatic rings. The van der Waals surface area contributed by atoms with E-state index in [1.54, 1.807) is 19.1 Å². The van der Waals surface area contributed by atoms with Crippen LogP contribution >= 0.6 is 0 Å². The van der Waals surface area contributed by atoms with Crippen molar-refractivity contribution in [2.24, 2.45) is 5.73 Å². The predicted molar refractivity (Wildman–Crippen MR) is 106 cm³/mol. The second-order valence-electron chi connectivity index (χ2n) is 7.21. The van der Waals surface area contributed by atoms with Crippen molar-refractivity contribution < 1.29 is 23.0 Å². The van der Waals surface area contributed by atoms with Crippen LogP contribution in [0.4, 0.5) is 8.78 Å². The number of amides is 1. The number of alkyl halides is 2. The van der Waals surface area contributed by atoms with Gasteiger partial charge in [-0.25, -0.2) is 0 Å². The largest absolute Gasteiger partial charge is 0.489 e. The van der Waals surface area contributed by atoms with E-state index < -0.39 is 12.7 Å². The Bertz CT molecular complexity index is 858. The second kappa shape index (κ2) is 9.69. The molecule has 3 rings (SSSR count). The van der Waals surface area contributed by atoms with Gasteiger partial charge in [-0.3, -0.25) is 4.79 Å². The van der Waals surface area contributed by atoms with E-state index in [2.05, 4.69) is 10.1 Å². The fourth-order valence-electron chi connectivity index (χ4n) is 3.55. The number of benzene rings is 2. The first kappa shape index (κ1) is 21.0. The highest BCUT2D eigenvalue weighted by atomic mass is 19.3. The number of rotatable bonds is 9. The Morgan fingerprint density at radius 3 is 2.66 bits per heavy atom. The molecule has 1 atom stereocenters. The minimum absolute atomic E-state index is 0.119. The molecular formula is C22H26F2N2O3. The van der Waals surface area contributed by atoms with Crippen molar-refractivity contribution in [2.45, 2.75) is 58.4 Å². The number of ether oxygens (including phenoxy) is 2. The fraction of sp³-hybridized carbons (Fsp3) is 0.409. The van der Waals surface area contributed by atoms with Gasteiger partial charge in [0.05, 0.1) is 6.04 Å². The maximum atomic E-state index is 12.4. The van der Waals surface area contributed by atoms with Crippen LogP contribution in [0.25, 0.3) is 0 Å². The Hall–Kier alpha value is -2.67. The third kappa shape index (κ3) is 5.67. The number of nitrogens with two attached hydrogens (primary N) is 1. The van der Waals surface area contributed by atoms with Crippen molar-refractivity contribution in [1.82, 2.24) is 5.32 Å². The molecule has 5 nitrogen and oxygen atoms in total. The molecule has 0 radical (unpaired) electrons.